The van der Waals surface area contributed by atoms with Crippen molar-refractivity contribution in [2.45, 2.75) is 6.55 Å². The quantitative estimate of drug-likeness (QED) is 0.292. The summed E-state index contributed by atoms with van der Waals surface area (Å²) in [5.74, 6) is 0. The van der Waals surface area contributed by atoms with Gasteiger partial charge < -0.3 is 14.4 Å². The monoisotopic (exact) mass is 133 g/mol. The van der Waals surface area contributed by atoms with Gasteiger partial charge in [-0.25, -0.2) is 0 Å². The molecule has 5 heteroatoms. The Morgan fingerprint density at radius 1 is 1.17 bits per heavy atom. The summed E-state index contributed by atoms with van der Waals surface area (Å²) >= 11 is 0. The molecule has 32 valence electrons. The maximum absolute atomic E-state index is 7.77. The van der Waals surface area contributed by atoms with Crippen LogP contribution in [0.25, 0.3) is 0 Å². The third kappa shape index (κ3) is 42.8. The maximum atomic E-state index is 7.77. The summed E-state index contributed by atoms with van der Waals surface area (Å²) in [6, 6.07) is 0. The van der Waals surface area contributed by atoms with Gasteiger partial charge in [0.05, 0.1) is 0 Å². The van der Waals surface area contributed by atoms with E-state index in [0.29, 0.717) is 0 Å². The van der Waals surface area contributed by atoms with Crippen LogP contribution in [0.4, 0.5) is 0 Å². The van der Waals surface area contributed by atoms with Gasteiger partial charge in [0.2, 0.25) is 0 Å². The molecule has 0 radical (unpaired) electrons. The molecule has 0 heterocycles. The molecule has 0 saturated carbocycles. The minimum absolute atomic E-state index is 0. The second-order valence-electron chi connectivity index (χ2n) is 0.971. The van der Waals surface area contributed by atoms with Crippen LogP contribution in [-0.2, 0) is 0 Å². The summed E-state index contributed by atoms with van der Waals surface area (Å²) < 4.78 is 0. The second-order valence-corrected chi connectivity index (χ2v) is 2.91. The summed E-state index contributed by atoms with van der Waals surface area (Å²) in [6.07, 6.45) is 0. The zero-order valence-electron chi connectivity index (χ0n) is 3.84. The Bertz CT molecular complexity index is 26.3. The van der Waals surface area contributed by atoms with Gasteiger partial charge in [-0.2, -0.15) is 0 Å². The van der Waals surface area contributed by atoms with Gasteiger partial charge in [0.15, 0.2) is 0 Å². The molecule has 0 amide bonds. The van der Waals surface area contributed by atoms with Gasteiger partial charge >= 0.3 is 60.2 Å². The Kier molecular flexibility index (Phi) is 6.58. The molecule has 0 unspecified atom stereocenters. The minimum Gasteiger partial charge on any atom is -0.390 e. The summed E-state index contributed by atoms with van der Waals surface area (Å²) in [4.78, 5) is 23.3. The first-order valence-electron chi connectivity index (χ1n) is 1.17. The molecular formula is CH6KO3Si+. The average molecular weight is 133 g/mol. The Morgan fingerprint density at radius 3 is 1.17 bits per heavy atom. The SMILES string of the molecule is C[Si](O)(O)O.[K+]. The van der Waals surface area contributed by atoms with Crippen LogP contribution < -0.4 is 51.4 Å². The molecule has 0 bridgehead atoms. The van der Waals surface area contributed by atoms with E-state index in [4.69, 9.17) is 14.4 Å². The Morgan fingerprint density at radius 2 is 1.17 bits per heavy atom. The smallest absolute Gasteiger partial charge is 0.390 e. The van der Waals surface area contributed by atoms with Gasteiger partial charge in [-0.05, 0) is 0 Å². The second kappa shape index (κ2) is 3.70. The summed E-state index contributed by atoms with van der Waals surface area (Å²) in [7, 11) is -3.61. The molecule has 0 rings (SSSR count). The van der Waals surface area contributed by atoms with Gasteiger partial charge in [-0.15, -0.1) is 0 Å². The molecule has 6 heavy (non-hydrogen) atoms. The van der Waals surface area contributed by atoms with Crippen LogP contribution in [0.2, 0.25) is 6.55 Å². The molecule has 0 aliphatic carbocycles. The zero-order chi connectivity index (χ0) is 4.50. The van der Waals surface area contributed by atoms with Crippen molar-refractivity contribution in [2.24, 2.45) is 0 Å². The fourth-order valence-electron chi connectivity index (χ4n) is 0. The van der Waals surface area contributed by atoms with Crippen molar-refractivity contribution in [1.29, 1.82) is 0 Å². The van der Waals surface area contributed by atoms with Gasteiger partial charge in [-0.3, -0.25) is 0 Å². The van der Waals surface area contributed by atoms with E-state index in [0.717, 1.165) is 6.55 Å². The normalized spacial score (nSPS) is 10.0. The van der Waals surface area contributed by atoms with Gasteiger partial charge in [0.25, 0.3) is 0 Å². The van der Waals surface area contributed by atoms with E-state index in [1.54, 1.807) is 0 Å². The molecule has 0 aromatic carbocycles. The summed E-state index contributed by atoms with van der Waals surface area (Å²) in [5.41, 5.74) is 0. The predicted octanol–water partition coefficient (Wildman–Crippen LogP) is -4.46. The third-order valence-electron chi connectivity index (χ3n) is 0. The van der Waals surface area contributed by atoms with Crippen molar-refractivity contribution in [1.82, 2.24) is 0 Å². The minimum atomic E-state index is -3.61. The molecule has 0 aliphatic heterocycles. The van der Waals surface area contributed by atoms with Crippen molar-refractivity contribution in [2.75, 3.05) is 0 Å². The van der Waals surface area contributed by atoms with E-state index in [1.165, 1.54) is 0 Å². The summed E-state index contributed by atoms with van der Waals surface area (Å²) in [6.45, 7) is 0.993. The van der Waals surface area contributed by atoms with Gasteiger partial charge in [0.1, 0.15) is 0 Å². The van der Waals surface area contributed by atoms with Crippen LogP contribution in [0.1, 0.15) is 0 Å². The molecule has 0 saturated heterocycles. The third-order valence-corrected chi connectivity index (χ3v) is 0. The molecule has 0 aliphatic rings. The van der Waals surface area contributed by atoms with E-state index in [9.17, 15) is 0 Å². The van der Waals surface area contributed by atoms with Crippen molar-refractivity contribution < 1.29 is 65.8 Å². The molecule has 0 aromatic rings. The van der Waals surface area contributed by atoms with Crippen LogP contribution >= 0.6 is 0 Å². The zero-order valence-corrected chi connectivity index (χ0v) is 7.96. The van der Waals surface area contributed by atoms with Crippen LogP contribution in [0.15, 0.2) is 0 Å². The number of hydrogen-bond acceptors (Lipinski definition) is 3. The van der Waals surface area contributed by atoms with Crippen molar-refractivity contribution in [3.8, 4) is 0 Å². The van der Waals surface area contributed by atoms with E-state index >= 15 is 0 Å². The number of rotatable bonds is 0. The Labute approximate surface area is 79.8 Å². The van der Waals surface area contributed by atoms with Gasteiger partial charge in [-0.1, -0.05) is 0 Å². The average Bonchev–Trinajstić information content (AvgIpc) is 0.722. The van der Waals surface area contributed by atoms with Crippen LogP contribution in [0.5, 0.6) is 0 Å². The molecule has 0 fully saturated rings. The largest absolute Gasteiger partial charge is 1.00 e. The predicted molar refractivity (Wildman–Crippen MR) is 18.3 cm³/mol. The van der Waals surface area contributed by atoms with Crippen LogP contribution in [0, 0.1) is 0 Å². The van der Waals surface area contributed by atoms with Crippen LogP contribution in [0.3, 0.4) is 0 Å². The maximum Gasteiger partial charge on any atom is 1.00 e. The Hall–Kier alpha value is 1.73. The number of hydrogen-bond donors (Lipinski definition) is 3. The standard InChI is InChI=1S/CH6O3Si.K/c1-5(2,3)4;/h2-4H,1H3;/q;+1. The fourth-order valence-corrected chi connectivity index (χ4v) is 0. The van der Waals surface area contributed by atoms with Crippen molar-refractivity contribution in [3.05, 3.63) is 0 Å². The molecular weight excluding hydrogens is 127 g/mol. The summed E-state index contributed by atoms with van der Waals surface area (Å²) in [5, 5.41) is 0. The first-order valence-corrected chi connectivity index (χ1v) is 3.51. The van der Waals surface area contributed by atoms with Crippen LogP contribution in [-0.4, -0.2) is 23.2 Å². The van der Waals surface area contributed by atoms with Crippen molar-refractivity contribution in [3.63, 3.8) is 0 Å². The molecule has 3 N–H and O–H groups in total. The first-order chi connectivity index (χ1) is 2.00. The van der Waals surface area contributed by atoms with E-state index in [1.807, 2.05) is 0 Å². The topological polar surface area (TPSA) is 60.7 Å². The molecule has 0 spiro atoms. The van der Waals surface area contributed by atoms with E-state index in [2.05, 4.69) is 0 Å². The van der Waals surface area contributed by atoms with E-state index in [-0.39, 0.29) is 51.4 Å². The molecule has 0 aromatic heterocycles. The fraction of sp³-hybridized carbons (Fsp3) is 1.00. The first kappa shape index (κ1) is 10.7. The van der Waals surface area contributed by atoms with E-state index < -0.39 is 8.80 Å². The van der Waals surface area contributed by atoms with Gasteiger partial charge in [0, 0.05) is 6.55 Å². The molecule has 3 nitrogen and oxygen atoms in total. The van der Waals surface area contributed by atoms with Crippen molar-refractivity contribution >= 4 is 8.80 Å². The Balaban J connectivity index is 0. The molecule has 0 atom stereocenters.